The van der Waals surface area contributed by atoms with E-state index >= 15 is 0 Å². The molecule has 1 aromatic carbocycles. The van der Waals surface area contributed by atoms with E-state index in [1.54, 1.807) is 12.4 Å². The van der Waals surface area contributed by atoms with Gasteiger partial charge in [-0.2, -0.15) is 0 Å². The molecule has 4 nitrogen and oxygen atoms in total. The van der Waals surface area contributed by atoms with Gasteiger partial charge in [-0.1, -0.05) is 17.7 Å². The average molecular weight is 310 g/mol. The van der Waals surface area contributed by atoms with Gasteiger partial charge in [0.1, 0.15) is 0 Å². The first-order valence-electron chi connectivity index (χ1n) is 7.77. The highest BCUT2D eigenvalue weighted by Gasteiger charge is 2.14. The fraction of sp³-hybridized carbons (Fsp3) is 0.316. The Bertz CT molecular complexity index is 696. The predicted molar refractivity (Wildman–Crippen MR) is 90.3 cm³/mol. The van der Waals surface area contributed by atoms with Gasteiger partial charge in [-0.05, 0) is 50.1 Å². The van der Waals surface area contributed by atoms with Crippen LogP contribution in [0, 0.1) is 13.8 Å². The van der Waals surface area contributed by atoms with Crippen LogP contribution in [-0.2, 0) is 4.79 Å². The largest absolute Gasteiger partial charge is 0.350 e. The number of nitrogens with zero attached hydrogens (tertiary/aromatic N) is 1. The SMILES string of the molecule is Cc1ccc(C)c(C(=O)CCC(=O)N[C@H](C)c2ccncc2)c1. The number of ketones is 1. The van der Waals surface area contributed by atoms with Crippen molar-refractivity contribution in [3.8, 4) is 0 Å². The third-order valence-corrected chi connectivity index (χ3v) is 3.86. The quantitative estimate of drug-likeness (QED) is 0.830. The van der Waals surface area contributed by atoms with Crippen LogP contribution in [-0.4, -0.2) is 16.7 Å². The molecule has 4 heteroatoms. The van der Waals surface area contributed by atoms with Gasteiger partial charge < -0.3 is 5.32 Å². The van der Waals surface area contributed by atoms with Gasteiger partial charge in [0.05, 0.1) is 6.04 Å². The van der Waals surface area contributed by atoms with Crippen molar-refractivity contribution in [1.29, 1.82) is 0 Å². The van der Waals surface area contributed by atoms with Crippen molar-refractivity contribution in [2.45, 2.75) is 39.7 Å². The Morgan fingerprint density at radius 2 is 1.78 bits per heavy atom. The molecule has 0 fully saturated rings. The molecule has 0 unspecified atom stereocenters. The van der Waals surface area contributed by atoms with Crippen LogP contribution in [0.25, 0.3) is 0 Å². The number of hydrogen-bond acceptors (Lipinski definition) is 3. The maximum absolute atomic E-state index is 12.3. The molecule has 0 radical (unpaired) electrons. The van der Waals surface area contributed by atoms with Crippen molar-refractivity contribution in [3.05, 3.63) is 65.0 Å². The zero-order valence-corrected chi connectivity index (χ0v) is 13.8. The van der Waals surface area contributed by atoms with E-state index in [1.807, 2.05) is 51.1 Å². The van der Waals surface area contributed by atoms with E-state index in [9.17, 15) is 9.59 Å². The summed E-state index contributed by atoms with van der Waals surface area (Å²) in [6, 6.07) is 9.44. The number of nitrogens with one attached hydrogen (secondary N) is 1. The molecular formula is C19H22N2O2. The normalized spacial score (nSPS) is 11.8. The van der Waals surface area contributed by atoms with E-state index in [4.69, 9.17) is 0 Å². The first-order chi connectivity index (χ1) is 11.0. The Morgan fingerprint density at radius 3 is 2.48 bits per heavy atom. The summed E-state index contributed by atoms with van der Waals surface area (Å²) in [6.07, 6.45) is 3.81. The summed E-state index contributed by atoms with van der Waals surface area (Å²) in [5, 5.41) is 2.91. The maximum Gasteiger partial charge on any atom is 0.220 e. The fourth-order valence-corrected chi connectivity index (χ4v) is 2.45. The molecule has 1 aromatic heterocycles. The predicted octanol–water partition coefficient (Wildman–Crippen LogP) is 3.54. The fourth-order valence-electron chi connectivity index (χ4n) is 2.45. The summed E-state index contributed by atoms with van der Waals surface area (Å²) in [5.41, 5.74) is 3.70. The standard InChI is InChI=1S/C19H22N2O2/c1-13-4-5-14(2)17(12-13)18(22)6-7-19(23)21-15(3)16-8-10-20-11-9-16/h4-5,8-12,15H,6-7H2,1-3H3,(H,21,23)/t15-/m1/s1. The van der Waals surface area contributed by atoms with Crippen LogP contribution < -0.4 is 5.32 Å². The summed E-state index contributed by atoms with van der Waals surface area (Å²) >= 11 is 0. The summed E-state index contributed by atoms with van der Waals surface area (Å²) in [4.78, 5) is 28.3. The highest BCUT2D eigenvalue weighted by molar-refractivity contribution is 5.99. The Hall–Kier alpha value is -2.49. The minimum atomic E-state index is -0.118. The van der Waals surface area contributed by atoms with Gasteiger partial charge in [0.25, 0.3) is 0 Å². The average Bonchev–Trinajstić information content (AvgIpc) is 2.55. The van der Waals surface area contributed by atoms with E-state index in [2.05, 4.69) is 10.3 Å². The van der Waals surface area contributed by atoms with Crippen molar-refractivity contribution >= 4 is 11.7 Å². The smallest absolute Gasteiger partial charge is 0.220 e. The van der Waals surface area contributed by atoms with Crippen LogP contribution in [0.2, 0.25) is 0 Å². The first-order valence-corrected chi connectivity index (χ1v) is 7.77. The van der Waals surface area contributed by atoms with E-state index in [0.29, 0.717) is 5.56 Å². The molecule has 120 valence electrons. The Kier molecular flexibility index (Phi) is 5.63. The monoisotopic (exact) mass is 310 g/mol. The van der Waals surface area contributed by atoms with Gasteiger partial charge in [0.2, 0.25) is 5.91 Å². The lowest BCUT2D eigenvalue weighted by Crippen LogP contribution is -2.27. The number of Topliss-reactive ketones (excluding diaryl/α,β-unsaturated/α-hetero) is 1. The van der Waals surface area contributed by atoms with Gasteiger partial charge in [-0.25, -0.2) is 0 Å². The van der Waals surface area contributed by atoms with Crippen molar-refractivity contribution in [2.75, 3.05) is 0 Å². The lowest BCUT2D eigenvalue weighted by Gasteiger charge is -2.14. The van der Waals surface area contributed by atoms with Crippen molar-refractivity contribution in [1.82, 2.24) is 10.3 Å². The van der Waals surface area contributed by atoms with Gasteiger partial charge in [0.15, 0.2) is 5.78 Å². The summed E-state index contributed by atoms with van der Waals surface area (Å²) in [5.74, 6) is -0.106. The van der Waals surface area contributed by atoms with Crippen molar-refractivity contribution in [2.24, 2.45) is 0 Å². The second-order valence-electron chi connectivity index (χ2n) is 5.81. The zero-order valence-electron chi connectivity index (χ0n) is 13.8. The second-order valence-corrected chi connectivity index (χ2v) is 5.81. The topological polar surface area (TPSA) is 59.1 Å². The molecule has 0 aliphatic rings. The number of aryl methyl sites for hydroxylation is 2. The molecule has 0 aliphatic carbocycles. The molecule has 0 saturated carbocycles. The molecule has 0 bridgehead atoms. The molecule has 1 N–H and O–H groups in total. The maximum atomic E-state index is 12.3. The molecule has 2 aromatic rings. The molecule has 1 heterocycles. The number of rotatable bonds is 6. The second kappa shape index (κ2) is 7.68. The Balaban J connectivity index is 1.89. The van der Waals surface area contributed by atoms with Crippen molar-refractivity contribution < 1.29 is 9.59 Å². The molecule has 1 atom stereocenters. The van der Waals surface area contributed by atoms with Crippen LogP contribution in [0.4, 0.5) is 0 Å². The number of benzene rings is 1. The number of aromatic nitrogens is 1. The molecule has 0 spiro atoms. The Labute approximate surface area is 137 Å². The van der Waals surface area contributed by atoms with E-state index in [-0.39, 0.29) is 30.6 Å². The van der Waals surface area contributed by atoms with E-state index < -0.39 is 0 Å². The summed E-state index contributed by atoms with van der Waals surface area (Å²) in [6.45, 7) is 5.79. The minimum absolute atomic E-state index is 0.0120. The number of hydrogen-bond donors (Lipinski definition) is 1. The Morgan fingerprint density at radius 1 is 1.09 bits per heavy atom. The van der Waals surface area contributed by atoms with E-state index in [1.165, 1.54) is 0 Å². The number of carbonyl (C=O) groups is 2. The van der Waals surface area contributed by atoms with Gasteiger partial charge >= 0.3 is 0 Å². The zero-order chi connectivity index (χ0) is 16.8. The van der Waals surface area contributed by atoms with E-state index in [0.717, 1.165) is 16.7 Å². The third kappa shape index (κ3) is 4.74. The summed E-state index contributed by atoms with van der Waals surface area (Å²) < 4.78 is 0. The molecule has 0 saturated heterocycles. The van der Waals surface area contributed by atoms with Crippen LogP contribution in [0.15, 0.2) is 42.7 Å². The molecule has 23 heavy (non-hydrogen) atoms. The molecule has 2 rings (SSSR count). The summed E-state index contributed by atoms with van der Waals surface area (Å²) in [7, 11) is 0. The highest BCUT2D eigenvalue weighted by atomic mass is 16.2. The third-order valence-electron chi connectivity index (χ3n) is 3.86. The van der Waals surface area contributed by atoms with Crippen LogP contribution in [0.5, 0.6) is 0 Å². The number of amides is 1. The van der Waals surface area contributed by atoms with Gasteiger partial charge in [-0.15, -0.1) is 0 Å². The molecule has 1 amide bonds. The first kappa shape index (κ1) is 16.9. The molecular weight excluding hydrogens is 288 g/mol. The van der Waals surface area contributed by atoms with Crippen LogP contribution in [0.1, 0.15) is 52.9 Å². The number of carbonyl (C=O) groups excluding carboxylic acids is 2. The van der Waals surface area contributed by atoms with Crippen molar-refractivity contribution in [3.63, 3.8) is 0 Å². The lowest BCUT2D eigenvalue weighted by molar-refractivity contribution is -0.121. The van der Waals surface area contributed by atoms with Crippen LogP contribution >= 0.6 is 0 Å². The van der Waals surface area contributed by atoms with Gasteiger partial charge in [-0.3, -0.25) is 14.6 Å². The lowest BCUT2D eigenvalue weighted by atomic mass is 9.99. The van der Waals surface area contributed by atoms with Crippen LogP contribution in [0.3, 0.4) is 0 Å². The minimum Gasteiger partial charge on any atom is -0.350 e. The number of pyridine rings is 1. The van der Waals surface area contributed by atoms with Gasteiger partial charge in [0, 0.05) is 30.8 Å². The highest BCUT2D eigenvalue weighted by Crippen LogP contribution is 2.15. The molecule has 0 aliphatic heterocycles.